The van der Waals surface area contributed by atoms with Gasteiger partial charge in [0.15, 0.2) is 6.61 Å². The molecule has 0 aromatic heterocycles. The SMILES string of the molecule is CCCCCN1C(=O)COc2ccc(NC(=O)/C=C/c3ccccc3)cc21. The van der Waals surface area contributed by atoms with E-state index in [1.165, 1.54) is 6.08 Å². The number of anilines is 2. The summed E-state index contributed by atoms with van der Waals surface area (Å²) in [7, 11) is 0. The molecule has 0 saturated heterocycles. The molecule has 1 aliphatic heterocycles. The first-order chi connectivity index (χ1) is 13.2. The third-order valence-electron chi connectivity index (χ3n) is 4.38. The number of hydrogen-bond acceptors (Lipinski definition) is 3. The van der Waals surface area contributed by atoms with Crippen molar-refractivity contribution in [1.82, 2.24) is 0 Å². The summed E-state index contributed by atoms with van der Waals surface area (Å²) in [6.07, 6.45) is 6.36. The maximum absolute atomic E-state index is 12.2. The first-order valence-electron chi connectivity index (χ1n) is 9.28. The minimum absolute atomic E-state index is 0.0500. The van der Waals surface area contributed by atoms with Crippen LogP contribution in [0.3, 0.4) is 0 Å². The normalized spacial score (nSPS) is 13.4. The molecular formula is C22H24N2O3. The Morgan fingerprint density at radius 2 is 2.00 bits per heavy atom. The Morgan fingerprint density at radius 1 is 1.19 bits per heavy atom. The summed E-state index contributed by atoms with van der Waals surface area (Å²) in [5, 5.41) is 2.85. The average molecular weight is 364 g/mol. The summed E-state index contributed by atoms with van der Waals surface area (Å²) in [5.74, 6) is 0.398. The van der Waals surface area contributed by atoms with Crippen molar-refractivity contribution in [2.24, 2.45) is 0 Å². The van der Waals surface area contributed by atoms with E-state index >= 15 is 0 Å². The van der Waals surface area contributed by atoms with Crippen molar-refractivity contribution in [1.29, 1.82) is 0 Å². The molecule has 3 rings (SSSR count). The maximum atomic E-state index is 12.2. The molecule has 2 aromatic rings. The predicted molar refractivity (Wildman–Crippen MR) is 108 cm³/mol. The number of nitrogens with one attached hydrogen (secondary N) is 1. The van der Waals surface area contributed by atoms with Crippen molar-refractivity contribution in [2.45, 2.75) is 26.2 Å². The summed E-state index contributed by atoms with van der Waals surface area (Å²) >= 11 is 0. The van der Waals surface area contributed by atoms with Crippen LogP contribution in [0.15, 0.2) is 54.6 Å². The summed E-state index contributed by atoms with van der Waals surface area (Å²) in [6, 6.07) is 15.0. The fourth-order valence-electron chi connectivity index (χ4n) is 2.96. The van der Waals surface area contributed by atoms with Gasteiger partial charge in [-0.15, -0.1) is 0 Å². The van der Waals surface area contributed by atoms with Crippen LogP contribution in [0, 0.1) is 0 Å². The van der Waals surface area contributed by atoms with E-state index in [1.807, 2.05) is 30.3 Å². The highest BCUT2D eigenvalue weighted by Gasteiger charge is 2.25. The Bertz CT molecular complexity index is 831. The molecule has 0 saturated carbocycles. The van der Waals surface area contributed by atoms with E-state index in [2.05, 4.69) is 12.2 Å². The Balaban J connectivity index is 1.71. The van der Waals surface area contributed by atoms with Crippen molar-refractivity contribution < 1.29 is 14.3 Å². The molecule has 0 aliphatic carbocycles. The maximum Gasteiger partial charge on any atom is 0.265 e. The van der Waals surface area contributed by atoms with Crippen LogP contribution in [0.2, 0.25) is 0 Å². The van der Waals surface area contributed by atoms with Gasteiger partial charge in [0.25, 0.3) is 5.91 Å². The molecular weight excluding hydrogens is 340 g/mol. The van der Waals surface area contributed by atoms with Gasteiger partial charge in [0.05, 0.1) is 5.69 Å². The number of amides is 2. The lowest BCUT2D eigenvalue weighted by Crippen LogP contribution is -2.39. The lowest BCUT2D eigenvalue weighted by atomic mass is 10.1. The van der Waals surface area contributed by atoms with E-state index in [1.54, 1.807) is 29.2 Å². The van der Waals surface area contributed by atoms with Gasteiger partial charge in [-0.3, -0.25) is 9.59 Å². The molecule has 2 aromatic carbocycles. The highest BCUT2D eigenvalue weighted by Crippen LogP contribution is 2.34. The molecule has 1 heterocycles. The second kappa shape index (κ2) is 9.03. The second-order valence-electron chi connectivity index (χ2n) is 6.46. The van der Waals surface area contributed by atoms with E-state index in [0.717, 1.165) is 24.8 Å². The molecule has 1 N–H and O–H groups in total. The van der Waals surface area contributed by atoms with Gasteiger partial charge in [0, 0.05) is 18.3 Å². The summed E-state index contributed by atoms with van der Waals surface area (Å²) < 4.78 is 5.52. The first kappa shape index (κ1) is 18.7. The van der Waals surface area contributed by atoms with Gasteiger partial charge in [0.2, 0.25) is 5.91 Å². The van der Waals surface area contributed by atoms with Crippen LogP contribution >= 0.6 is 0 Å². The predicted octanol–water partition coefficient (Wildman–Crippen LogP) is 4.25. The number of unbranched alkanes of at least 4 members (excludes halogenated alkanes) is 2. The van der Waals surface area contributed by atoms with Crippen LogP contribution in [0.5, 0.6) is 5.75 Å². The van der Waals surface area contributed by atoms with Gasteiger partial charge in [-0.1, -0.05) is 50.1 Å². The van der Waals surface area contributed by atoms with Crippen LogP contribution in [0.4, 0.5) is 11.4 Å². The monoisotopic (exact) mass is 364 g/mol. The number of hydrogen-bond donors (Lipinski definition) is 1. The molecule has 5 nitrogen and oxygen atoms in total. The van der Waals surface area contributed by atoms with Gasteiger partial charge in [-0.2, -0.15) is 0 Å². The molecule has 1 aliphatic rings. The Labute approximate surface area is 159 Å². The van der Waals surface area contributed by atoms with Gasteiger partial charge in [0.1, 0.15) is 5.75 Å². The van der Waals surface area contributed by atoms with E-state index in [9.17, 15) is 9.59 Å². The molecule has 0 fully saturated rings. The van der Waals surface area contributed by atoms with Crippen molar-refractivity contribution in [3.63, 3.8) is 0 Å². The van der Waals surface area contributed by atoms with Gasteiger partial charge < -0.3 is 15.0 Å². The molecule has 0 spiro atoms. The van der Waals surface area contributed by atoms with E-state index in [0.29, 0.717) is 23.7 Å². The zero-order valence-corrected chi connectivity index (χ0v) is 15.5. The number of ether oxygens (including phenoxy) is 1. The number of carbonyl (C=O) groups excluding carboxylic acids is 2. The second-order valence-corrected chi connectivity index (χ2v) is 6.46. The first-order valence-corrected chi connectivity index (χ1v) is 9.28. The standard InChI is InChI=1S/C22H24N2O3/c1-2-3-7-14-24-19-15-18(11-12-20(19)27-16-22(24)26)23-21(25)13-10-17-8-5-4-6-9-17/h4-6,8-13,15H,2-3,7,14,16H2,1H3,(H,23,25)/b13-10+. The highest BCUT2D eigenvalue weighted by atomic mass is 16.5. The van der Waals surface area contributed by atoms with Crippen LogP contribution in [-0.4, -0.2) is 25.0 Å². The number of rotatable bonds is 7. The van der Waals surface area contributed by atoms with Crippen molar-refractivity contribution >= 4 is 29.3 Å². The molecule has 0 atom stereocenters. The zero-order chi connectivity index (χ0) is 19.1. The fourth-order valence-corrected chi connectivity index (χ4v) is 2.96. The summed E-state index contributed by atoms with van der Waals surface area (Å²) in [4.78, 5) is 26.2. The third-order valence-corrected chi connectivity index (χ3v) is 4.38. The smallest absolute Gasteiger partial charge is 0.265 e. The van der Waals surface area contributed by atoms with Crippen LogP contribution < -0.4 is 15.0 Å². The number of carbonyl (C=O) groups is 2. The number of nitrogens with zero attached hydrogens (tertiary/aromatic N) is 1. The van der Waals surface area contributed by atoms with Gasteiger partial charge in [-0.25, -0.2) is 0 Å². The Kier molecular flexibility index (Phi) is 6.26. The van der Waals surface area contributed by atoms with E-state index < -0.39 is 0 Å². The molecule has 140 valence electrons. The zero-order valence-electron chi connectivity index (χ0n) is 15.5. The fraction of sp³-hybridized carbons (Fsp3) is 0.273. The molecule has 0 radical (unpaired) electrons. The van der Waals surface area contributed by atoms with Gasteiger partial charge in [-0.05, 0) is 36.3 Å². The van der Waals surface area contributed by atoms with Crippen molar-refractivity contribution in [3.8, 4) is 5.75 Å². The quantitative estimate of drug-likeness (QED) is 0.590. The molecule has 27 heavy (non-hydrogen) atoms. The minimum atomic E-state index is -0.223. The van der Waals surface area contributed by atoms with Gasteiger partial charge >= 0.3 is 0 Å². The van der Waals surface area contributed by atoms with Crippen LogP contribution in [-0.2, 0) is 9.59 Å². The number of benzene rings is 2. The molecule has 2 amide bonds. The molecule has 5 heteroatoms. The third kappa shape index (κ3) is 4.97. The van der Waals surface area contributed by atoms with Crippen molar-refractivity contribution in [2.75, 3.05) is 23.4 Å². The van der Waals surface area contributed by atoms with E-state index in [-0.39, 0.29) is 18.4 Å². The Hall–Kier alpha value is -3.08. The summed E-state index contributed by atoms with van der Waals surface area (Å²) in [5.41, 5.74) is 2.31. The number of fused-ring (bicyclic) bond motifs is 1. The molecule has 0 bridgehead atoms. The highest BCUT2D eigenvalue weighted by molar-refractivity contribution is 6.03. The lowest BCUT2D eigenvalue weighted by molar-refractivity contribution is -0.121. The lowest BCUT2D eigenvalue weighted by Gasteiger charge is -2.29. The average Bonchev–Trinajstić information content (AvgIpc) is 2.69. The molecule has 0 unspecified atom stereocenters. The minimum Gasteiger partial charge on any atom is -0.482 e. The summed E-state index contributed by atoms with van der Waals surface area (Å²) in [6.45, 7) is 2.85. The Morgan fingerprint density at radius 3 is 2.78 bits per heavy atom. The topological polar surface area (TPSA) is 58.6 Å². The van der Waals surface area contributed by atoms with Crippen LogP contribution in [0.25, 0.3) is 6.08 Å². The van der Waals surface area contributed by atoms with Crippen molar-refractivity contribution in [3.05, 3.63) is 60.2 Å². The van der Waals surface area contributed by atoms with Crippen LogP contribution in [0.1, 0.15) is 31.7 Å². The largest absolute Gasteiger partial charge is 0.482 e. The van der Waals surface area contributed by atoms with E-state index in [4.69, 9.17) is 4.74 Å².